The van der Waals surface area contributed by atoms with E-state index in [9.17, 15) is 4.79 Å². The fourth-order valence-electron chi connectivity index (χ4n) is 2.36. The number of hydrogen-bond donors (Lipinski definition) is 0. The maximum Gasteiger partial charge on any atom is 0.311 e. The number of aryl methyl sites for hydroxylation is 1. The zero-order valence-corrected chi connectivity index (χ0v) is 14.2. The zero-order chi connectivity index (χ0) is 16.7. The Morgan fingerprint density at radius 2 is 1.78 bits per heavy atom. The number of carbonyl (C=O) groups is 1. The van der Waals surface area contributed by atoms with Crippen molar-refractivity contribution in [3.63, 3.8) is 0 Å². The van der Waals surface area contributed by atoms with Crippen LogP contribution in [0.3, 0.4) is 0 Å². The van der Waals surface area contributed by atoms with Crippen LogP contribution >= 0.6 is 0 Å². The summed E-state index contributed by atoms with van der Waals surface area (Å²) in [6, 6.07) is 18.1. The third kappa shape index (κ3) is 6.68. The van der Waals surface area contributed by atoms with E-state index in [1.54, 1.807) is 0 Å². The molecule has 2 nitrogen and oxygen atoms in total. The van der Waals surface area contributed by atoms with Gasteiger partial charge in [-0.05, 0) is 47.9 Å². The highest BCUT2D eigenvalue weighted by molar-refractivity contribution is 5.73. The number of carbonyl (C=O) groups excluding carboxylic acids is 1. The standard InChI is InChI=1S/C21H25O2/c1-21(2,3)16-20(22)23-19-14-8-13-18(15-19)12-7-11-17-9-5-4-6-10-17/h4-6,8-10,12-15H,7,11,16H2,1-3H3. The Morgan fingerprint density at radius 3 is 2.48 bits per heavy atom. The molecular weight excluding hydrogens is 284 g/mol. The molecule has 0 fully saturated rings. The number of benzene rings is 2. The van der Waals surface area contributed by atoms with Crippen molar-refractivity contribution < 1.29 is 9.53 Å². The fraction of sp³-hybridized carbons (Fsp3) is 0.333. The molecule has 0 aromatic heterocycles. The zero-order valence-electron chi connectivity index (χ0n) is 14.2. The highest BCUT2D eigenvalue weighted by Gasteiger charge is 2.17. The molecule has 2 rings (SSSR count). The first-order chi connectivity index (χ1) is 10.9. The molecule has 0 N–H and O–H groups in total. The van der Waals surface area contributed by atoms with Crippen LogP contribution in [0.1, 0.15) is 44.7 Å². The van der Waals surface area contributed by atoms with E-state index in [2.05, 4.69) is 30.7 Å². The molecule has 2 aromatic carbocycles. The second-order valence-corrected chi connectivity index (χ2v) is 7.01. The highest BCUT2D eigenvalue weighted by Crippen LogP contribution is 2.22. The Bertz CT molecular complexity index is 624. The van der Waals surface area contributed by atoms with Gasteiger partial charge in [0.15, 0.2) is 0 Å². The summed E-state index contributed by atoms with van der Waals surface area (Å²) in [5.74, 6) is 0.437. The molecule has 2 heteroatoms. The molecule has 2 aromatic rings. The van der Waals surface area contributed by atoms with E-state index in [4.69, 9.17) is 4.74 Å². The Labute approximate surface area is 139 Å². The smallest absolute Gasteiger partial charge is 0.311 e. The summed E-state index contributed by atoms with van der Waals surface area (Å²) in [5, 5.41) is 0. The summed E-state index contributed by atoms with van der Waals surface area (Å²) in [5.41, 5.74) is 2.36. The molecule has 0 aliphatic carbocycles. The van der Waals surface area contributed by atoms with Gasteiger partial charge in [-0.25, -0.2) is 0 Å². The van der Waals surface area contributed by atoms with E-state index in [1.807, 2.05) is 51.1 Å². The van der Waals surface area contributed by atoms with Crippen molar-refractivity contribution in [2.75, 3.05) is 0 Å². The van der Waals surface area contributed by atoms with Crippen molar-refractivity contribution in [3.8, 4) is 5.75 Å². The summed E-state index contributed by atoms with van der Waals surface area (Å²) in [6.07, 6.45) is 4.56. The Kier molecular flexibility index (Phi) is 5.97. The monoisotopic (exact) mass is 309 g/mol. The lowest BCUT2D eigenvalue weighted by atomic mass is 9.92. The van der Waals surface area contributed by atoms with Crippen molar-refractivity contribution in [1.82, 2.24) is 0 Å². The quantitative estimate of drug-likeness (QED) is 0.540. The predicted molar refractivity (Wildman–Crippen MR) is 94.3 cm³/mol. The minimum atomic E-state index is -0.182. The van der Waals surface area contributed by atoms with Gasteiger partial charge >= 0.3 is 5.97 Å². The van der Waals surface area contributed by atoms with Crippen LogP contribution in [0.5, 0.6) is 5.75 Å². The van der Waals surface area contributed by atoms with Crippen molar-refractivity contribution in [3.05, 3.63) is 72.1 Å². The van der Waals surface area contributed by atoms with Crippen LogP contribution in [-0.4, -0.2) is 5.97 Å². The van der Waals surface area contributed by atoms with Crippen molar-refractivity contribution >= 4 is 5.97 Å². The molecular formula is C21H25O2. The summed E-state index contributed by atoms with van der Waals surface area (Å²) in [7, 11) is 0. The van der Waals surface area contributed by atoms with Gasteiger partial charge in [-0.2, -0.15) is 0 Å². The topological polar surface area (TPSA) is 26.3 Å². The van der Waals surface area contributed by atoms with Crippen LogP contribution in [-0.2, 0) is 11.2 Å². The molecule has 0 unspecified atom stereocenters. The average Bonchev–Trinajstić information content (AvgIpc) is 2.46. The van der Waals surface area contributed by atoms with Gasteiger partial charge < -0.3 is 4.74 Å². The second kappa shape index (κ2) is 7.96. The molecule has 0 bridgehead atoms. The molecule has 23 heavy (non-hydrogen) atoms. The van der Waals surface area contributed by atoms with Crippen LogP contribution in [0.15, 0.2) is 54.6 Å². The van der Waals surface area contributed by atoms with Crippen LogP contribution in [0.25, 0.3) is 0 Å². The molecule has 0 amide bonds. The molecule has 0 aliphatic heterocycles. The number of rotatable bonds is 6. The van der Waals surface area contributed by atoms with Crippen LogP contribution < -0.4 is 4.74 Å². The lowest BCUT2D eigenvalue weighted by molar-refractivity contribution is -0.136. The largest absolute Gasteiger partial charge is 0.427 e. The normalized spacial score (nSPS) is 11.3. The SMILES string of the molecule is CC(C)(C)CC(=O)Oc1cccc([CH]CCc2ccccc2)c1. The van der Waals surface area contributed by atoms with Gasteiger partial charge in [0.2, 0.25) is 0 Å². The van der Waals surface area contributed by atoms with E-state index < -0.39 is 0 Å². The molecule has 0 saturated carbocycles. The average molecular weight is 309 g/mol. The van der Waals surface area contributed by atoms with Gasteiger partial charge in [0.25, 0.3) is 0 Å². The Morgan fingerprint density at radius 1 is 1.04 bits per heavy atom. The molecule has 0 heterocycles. The lowest BCUT2D eigenvalue weighted by Crippen LogP contribution is -2.17. The van der Waals surface area contributed by atoms with Crippen LogP contribution in [0.4, 0.5) is 0 Å². The predicted octanol–water partition coefficient (Wildman–Crippen LogP) is 5.21. The van der Waals surface area contributed by atoms with E-state index in [0.717, 1.165) is 18.4 Å². The van der Waals surface area contributed by atoms with Gasteiger partial charge in [0, 0.05) is 0 Å². The Balaban J connectivity index is 1.86. The van der Waals surface area contributed by atoms with Crippen LogP contribution in [0, 0.1) is 11.8 Å². The van der Waals surface area contributed by atoms with E-state index in [0.29, 0.717) is 12.2 Å². The molecule has 1 radical (unpaired) electrons. The molecule has 0 spiro atoms. The van der Waals surface area contributed by atoms with Crippen molar-refractivity contribution in [1.29, 1.82) is 0 Å². The third-order valence-corrected chi connectivity index (χ3v) is 3.42. The van der Waals surface area contributed by atoms with Gasteiger partial charge in [-0.15, -0.1) is 0 Å². The summed E-state index contributed by atoms with van der Waals surface area (Å²) < 4.78 is 5.44. The molecule has 0 saturated heterocycles. The van der Waals surface area contributed by atoms with E-state index in [-0.39, 0.29) is 11.4 Å². The first kappa shape index (κ1) is 17.3. The van der Waals surface area contributed by atoms with Crippen molar-refractivity contribution in [2.24, 2.45) is 5.41 Å². The van der Waals surface area contributed by atoms with Gasteiger partial charge in [-0.1, -0.05) is 63.2 Å². The first-order valence-corrected chi connectivity index (χ1v) is 8.10. The summed E-state index contributed by atoms with van der Waals surface area (Å²) in [6.45, 7) is 6.09. The first-order valence-electron chi connectivity index (χ1n) is 8.10. The fourth-order valence-corrected chi connectivity index (χ4v) is 2.36. The maximum absolute atomic E-state index is 11.9. The number of esters is 1. The molecule has 0 aliphatic rings. The maximum atomic E-state index is 11.9. The summed E-state index contributed by atoms with van der Waals surface area (Å²) >= 11 is 0. The van der Waals surface area contributed by atoms with Gasteiger partial charge in [-0.3, -0.25) is 4.79 Å². The van der Waals surface area contributed by atoms with E-state index in [1.165, 1.54) is 5.56 Å². The third-order valence-electron chi connectivity index (χ3n) is 3.42. The minimum Gasteiger partial charge on any atom is -0.427 e. The highest BCUT2D eigenvalue weighted by atomic mass is 16.5. The molecule has 121 valence electrons. The van der Waals surface area contributed by atoms with Gasteiger partial charge in [0.1, 0.15) is 5.75 Å². The second-order valence-electron chi connectivity index (χ2n) is 7.01. The molecule has 0 atom stereocenters. The van der Waals surface area contributed by atoms with Crippen LogP contribution in [0.2, 0.25) is 0 Å². The minimum absolute atomic E-state index is 0.0590. The number of ether oxygens (including phenoxy) is 1. The summed E-state index contributed by atoms with van der Waals surface area (Å²) in [4.78, 5) is 11.9. The van der Waals surface area contributed by atoms with Crippen molar-refractivity contribution in [2.45, 2.75) is 40.0 Å². The number of hydrogen-bond acceptors (Lipinski definition) is 2. The van der Waals surface area contributed by atoms with Gasteiger partial charge in [0.05, 0.1) is 6.42 Å². The Hall–Kier alpha value is -2.09. The lowest BCUT2D eigenvalue weighted by Gasteiger charge is -2.16. The van der Waals surface area contributed by atoms with E-state index >= 15 is 0 Å².